The summed E-state index contributed by atoms with van der Waals surface area (Å²) in [5.74, 6) is 1.15. The van der Waals surface area contributed by atoms with Crippen molar-refractivity contribution in [1.82, 2.24) is 0 Å². The molecule has 70 valence electrons. The van der Waals surface area contributed by atoms with Gasteiger partial charge >= 0.3 is 0 Å². The van der Waals surface area contributed by atoms with E-state index in [1.165, 1.54) is 27.6 Å². The van der Waals surface area contributed by atoms with Crippen molar-refractivity contribution in [2.24, 2.45) is 5.92 Å². The maximum absolute atomic E-state index is 2.31. The minimum atomic E-state index is 0.889. The van der Waals surface area contributed by atoms with Crippen molar-refractivity contribution in [2.45, 2.75) is 57.0 Å². The molecule has 12 heavy (non-hydrogen) atoms. The highest BCUT2D eigenvalue weighted by molar-refractivity contribution is 7.40. The zero-order valence-electron chi connectivity index (χ0n) is 8.23. The molecule has 0 spiro atoms. The van der Waals surface area contributed by atoms with E-state index in [4.69, 9.17) is 0 Å². The van der Waals surface area contributed by atoms with Crippen LogP contribution in [0.2, 0.25) is 0 Å². The SMILES string of the molecule is CCCCPC12CCC(CC1)C2. The topological polar surface area (TPSA) is 0 Å². The largest absolute Gasteiger partial charge is 0.116 e. The van der Waals surface area contributed by atoms with E-state index < -0.39 is 0 Å². The van der Waals surface area contributed by atoms with Crippen molar-refractivity contribution in [1.29, 1.82) is 0 Å². The molecule has 0 aromatic carbocycles. The van der Waals surface area contributed by atoms with Gasteiger partial charge in [-0.1, -0.05) is 13.3 Å². The summed E-state index contributed by atoms with van der Waals surface area (Å²) in [5.41, 5.74) is 0. The summed E-state index contributed by atoms with van der Waals surface area (Å²) in [6.45, 7) is 2.31. The third-order valence-electron chi connectivity index (χ3n) is 3.77. The third-order valence-corrected chi connectivity index (χ3v) is 5.83. The summed E-state index contributed by atoms with van der Waals surface area (Å²) >= 11 is 0. The molecule has 0 saturated heterocycles. The van der Waals surface area contributed by atoms with Gasteiger partial charge in [-0.3, -0.25) is 0 Å². The normalized spacial score (nSPS) is 40.2. The van der Waals surface area contributed by atoms with Gasteiger partial charge in [-0.2, -0.15) is 0 Å². The van der Waals surface area contributed by atoms with Crippen LogP contribution in [0.1, 0.15) is 51.9 Å². The van der Waals surface area contributed by atoms with E-state index in [0.717, 1.165) is 11.1 Å². The zero-order chi connectivity index (χ0) is 8.44. The van der Waals surface area contributed by atoms with Gasteiger partial charge in [0.15, 0.2) is 0 Å². The monoisotopic (exact) mass is 184 g/mol. The van der Waals surface area contributed by atoms with Gasteiger partial charge in [-0.15, -0.1) is 8.58 Å². The second-order valence-electron chi connectivity index (χ2n) is 4.71. The van der Waals surface area contributed by atoms with E-state index in [1.807, 2.05) is 0 Å². The molecule has 0 radical (unpaired) electrons. The van der Waals surface area contributed by atoms with E-state index in [1.54, 1.807) is 32.1 Å². The Kier molecular flexibility index (Phi) is 2.75. The lowest BCUT2D eigenvalue weighted by Crippen LogP contribution is -2.15. The third kappa shape index (κ3) is 1.69. The van der Waals surface area contributed by atoms with Crippen LogP contribution >= 0.6 is 8.58 Å². The summed E-state index contributed by atoms with van der Waals surface area (Å²) in [6, 6.07) is 0. The van der Waals surface area contributed by atoms with Gasteiger partial charge in [0, 0.05) is 0 Å². The summed E-state index contributed by atoms with van der Waals surface area (Å²) in [7, 11) is 1.30. The summed E-state index contributed by atoms with van der Waals surface area (Å²) in [5, 5.41) is 0.889. The van der Waals surface area contributed by atoms with Crippen molar-refractivity contribution in [3.05, 3.63) is 0 Å². The zero-order valence-corrected chi connectivity index (χ0v) is 9.23. The highest BCUT2D eigenvalue weighted by Crippen LogP contribution is 2.58. The van der Waals surface area contributed by atoms with Crippen LogP contribution < -0.4 is 0 Å². The lowest BCUT2D eigenvalue weighted by molar-refractivity contribution is 0.498. The Morgan fingerprint density at radius 1 is 1.33 bits per heavy atom. The molecule has 2 aliphatic rings. The van der Waals surface area contributed by atoms with Crippen LogP contribution in [0.25, 0.3) is 0 Å². The molecule has 1 heteroatoms. The molecule has 2 saturated carbocycles. The minimum absolute atomic E-state index is 0.889. The lowest BCUT2D eigenvalue weighted by atomic mass is 10.0. The molecule has 0 heterocycles. The Balaban J connectivity index is 1.78. The lowest BCUT2D eigenvalue weighted by Gasteiger charge is -2.26. The average molecular weight is 184 g/mol. The summed E-state index contributed by atoms with van der Waals surface area (Å²) < 4.78 is 0. The maximum Gasteiger partial charge on any atom is -0.0119 e. The quantitative estimate of drug-likeness (QED) is 0.460. The van der Waals surface area contributed by atoms with E-state index in [9.17, 15) is 0 Å². The first kappa shape index (κ1) is 9.00. The molecule has 1 unspecified atom stereocenters. The van der Waals surface area contributed by atoms with Crippen LogP contribution in [0.4, 0.5) is 0 Å². The van der Waals surface area contributed by atoms with Gasteiger partial charge in [-0.05, 0) is 55.8 Å². The van der Waals surface area contributed by atoms with Crippen LogP contribution in [0, 0.1) is 5.92 Å². The molecule has 2 bridgehead atoms. The highest BCUT2D eigenvalue weighted by Gasteiger charge is 2.43. The van der Waals surface area contributed by atoms with Gasteiger partial charge in [-0.25, -0.2) is 0 Å². The Hall–Kier alpha value is 0.430. The van der Waals surface area contributed by atoms with Crippen LogP contribution in [-0.2, 0) is 0 Å². The fourth-order valence-corrected chi connectivity index (χ4v) is 5.11. The smallest absolute Gasteiger partial charge is 0.0119 e. The Morgan fingerprint density at radius 2 is 2.08 bits per heavy atom. The second-order valence-corrected chi connectivity index (χ2v) is 6.62. The maximum atomic E-state index is 2.31. The van der Waals surface area contributed by atoms with Crippen molar-refractivity contribution in [2.75, 3.05) is 6.16 Å². The Morgan fingerprint density at radius 3 is 2.58 bits per heavy atom. The van der Waals surface area contributed by atoms with Crippen LogP contribution in [-0.4, -0.2) is 11.3 Å². The van der Waals surface area contributed by atoms with Crippen LogP contribution in [0.3, 0.4) is 0 Å². The first-order valence-electron chi connectivity index (χ1n) is 5.60. The first-order valence-corrected chi connectivity index (χ1v) is 6.80. The van der Waals surface area contributed by atoms with Crippen molar-refractivity contribution in [3.8, 4) is 0 Å². The molecular weight excluding hydrogens is 163 g/mol. The minimum Gasteiger partial charge on any atom is -0.116 e. The van der Waals surface area contributed by atoms with Gasteiger partial charge < -0.3 is 0 Å². The predicted octanol–water partition coefficient (Wildman–Crippen LogP) is 3.80. The standard InChI is InChI=1S/C11H21P/c1-2-3-8-12-11-6-4-10(9-11)5-7-11/h10,12H,2-9H2,1H3. The number of unbranched alkanes of at least 4 members (excludes halogenated alkanes) is 1. The molecule has 2 aliphatic carbocycles. The molecule has 0 amide bonds. The molecule has 0 aliphatic heterocycles. The van der Waals surface area contributed by atoms with E-state index in [2.05, 4.69) is 6.92 Å². The predicted molar refractivity (Wildman–Crippen MR) is 57.4 cm³/mol. The van der Waals surface area contributed by atoms with Crippen molar-refractivity contribution in [3.63, 3.8) is 0 Å². The van der Waals surface area contributed by atoms with E-state index in [-0.39, 0.29) is 0 Å². The fraction of sp³-hybridized carbons (Fsp3) is 1.00. The first-order chi connectivity index (χ1) is 5.85. The highest BCUT2D eigenvalue weighted by atomic mass is 31.1. The van der Waals surface area contributed by atoms with Gasteiger partial charge in [0.1, 0.15) is 0 Å². The number of hydrogen-bond acceptors (Lipinski definition) is 0. The van der Waals surface area contributed by atoms with Gasteiger partial charge in [0.2, 0.25) is 0 Å². The van der Waals surface area contributed by atoms with Crippen LogP contribution in [0.15, 0.2) is 0 Å². The molecule has 0 nitrogen and oxygen atoms in total. The van der Waals surface area contributed by atoms with E-state index >= 15 is 0 Å². The molecule has 2 fully saturated rings. The van der Waals surface area contributed by atoms with Crippen LogP contribution in [0.5, 0.6) is 0 Å². The average Bonchev–Trinajstić information content (AvgIpc) is 2.64. The summed E-state index contributed by atoms with van der Waals surface area (Å²) in [6.07, 6.45) is 12.3. The fourth-order valence-electron chi connectivity index (χ4n) is 2.97. The molecule has 2 rings (SSSR count). The number of fused-ring (bicyclic) bond motifs is 2. The van der Waals surface area contributed by atoms with E-state index in [0.29, 0.717) is 0 Å². The Bertz CT molecular complexity index is 145. The molecular formula is C11H21P. The molecule has 0 aromatic heterocycles. The Labute approximate surface area is 78.3 Å². The molecule has 1 atom stereocenters. The van der Waals surface area contributed by atoms with Crippen molar-refractivity contribution >= 4 is 8.58 Å². The van der Waals surface area contributed by atoms with Crippen molar-refractivity contribution < 1.29 is 0 Å². The van der Waals surface area contributed by atoms with Gasteiger partial charge in [0.05, 0.1) is 0 Å². The molecule has 0 N–H and O–H groups in total. The molecule has 0 aromatic rings. The number of hydrogen-bond donors (Lipinski definition) is 0. The summed E-state index contributed by atoms with van der Waals surface area (Å²) in [4.78, 5) is 0. The number of rotatable bonds is 4. The second kappa shape index (κ2) is 3.66. The van der Waals surface area contributed by atoms with Gasteiger partial charge in [0.25, 0.3) is 0 Å².